The average molecular weight is 622 g/mol. The zero-order chi connectivity index (χ0) is 30.6. The van der Waals surface area contributed by atoms with Crippen molar-refractivity contribution in [2.24, 2.45) is 0 Å². The summed E-state index contributed by atoms with van der Waals surface area (Å²) in [6.45, 7) is 4.84. The largest absolute Gasteiger partial charge is 0.343 e. The molecular weight excluding hydrogens is 582 g/mol. The summed E-state index contributed by atoms with van der Waals surface area (Å²) >= 11 is 6.11. The Morgan fingerprint density at radius 3 is 2.23 bits per heavy atom. The first kappa shape index (κ1) is 31.2. The van der Waals surface area contributed by atoms with Crippen LogP contribution in [0.15, 0.2) is 78.9 Å². The Labute approximate surface area is 259 Å². The Hall–Kier alpha value is -3.20. The summed E-state index contributed by atoms with van der Waals surface area (Å²) in [6, 6.07) is 24.0. The number of rotatable bonds is 9. The highest BCUT2D eigenvalue weighted by molar-refractivity contribution is 7.92. The van der Waals surface area contributed by atoms with Crippen LogP contribution in [-0.2, 0) is 44.2 Å². The van der Waals surface area contributed by atoms with Crippen molar-refractivity contribution in [3.8, 4) is 0 Å². The van der Waals surface area contributed by atoms with E-state index in [1.54, 1.807) is 30.9 Å². The molecule has 1 fully saturated rings. The molecule has 2 aliphatic heterocycles. The highest BCUT2D eigenvalue weighted by Gasteiger charge is 2.42. The van der Waals surface area contributed by atoms with Crippen LogP contribution in [0.2, 0.25) is 5.02 Å². The number of nitrogens with zero attached hydrogens (tertiary/aromatic N) is 1. The first-order valence-corrected chi connectivity index (χ1v) is 17.1. The maximum atomic E-state index is 14.1. The third-order valence-electron chi connectivity index (χ3n) is 8.98. The number of carbonyl (C=O) groups excluding carboxylic acids is 2. The molecule has 2 atom stereocenters. The second kappa shape index (κ2) is 13.2. The number of hydrogen-bond acceptors (Lipinski definition) is 5. The maximum absolute atomic E-state index is 14.1. The molecule has 2 heterocycles. The van der Waals surface area contributed by atoms with Crippen molar-refractivity contribution in [2.45, 2.75) is 68.8 Å². The number of benzene rings is 3. The molecule has 5 rings (SSSR count). The zero-order valence-corrected chi connectivity index (χ0v) is 26.3. The number of amides is 2. The van der Waals surface area contributed by atoms with Gasteiger partial charge in [0.25, 0.3) is 0 Å². The van der Waals surface area contributed by atoms with Crippen molar-refractivity contribution in [2.75, 3.05) is 18.8 Å². The molecule has 3 aromatic rings. The van der Waals surface area contributed by atoms with Gasteiger partial charge in [0.15, 0.2) is 9.84 Å². The third-order valence-corrected chi connectivity index (χ3v) is 11.6. The lowest BCUT2D eigenvalue weighted by Gasteiger charge is -2.43. The minimum atomic E-state index is -3.33. The lowest BCUT2D eigenvalue weighted by Crippen LogP contribution is -2.57. The van der Waals surface area contributed by atoms with Crippen molar-refractivity contribution in [3.05, 3.63) is 106 Å². The van der Waals surface area contributed by atoms with Crippen LogP contribution in [0, 0.1) is 0 Å². The summed E-state index contributed by atoms with van der Waals surface area (Å²) in [5.41, 5.74) is 3.61. The second-order valence-corrected chi connectivity index (χ2v) is 15.1. The molecule has 7 nitrogen and oxygen atoms in total. The van der Waals surface area contributed by atoms with Crippen molar-refractivity contribution in [3.63, 3.8) is 0 Å². The first-order valence-electron chi connectivity index (χ1n) is 15.0. The van der Waals surface area contributed by atoms with E-state index in [4.69, 9.17) is 11.6 Å². The van der Waals surface area contributed by atoms with E-state index in [-0.39, 0.29) is 17.6 Å². The molecule has 228 valence electrons. The van der Waals surface area contributed by atoms with E-state index < -0.39 is 32.6 Å². The number of fused-ring (bicyclic) bond motifs is 1. The van der Waals surface area contributed by atoms with E-state index >= 15 is 0 Å². The number of carbonyl (C=O) groups is 2. The highest BCUT2D eigenvalue weighted by Crippen LogP contribution is 2.38. The van der Waals surface area contributed by atoms with Crippen molar-refractivity contribution in [1.29, 1.82) is 0 Å². The van der Waals surface area contributed by atoms with Crippen LogP contribution in [0.4, 0.5) is 0 Å². The highest BCUT2D eigenvalue weighted by atomic mass is 35.5. The van der Waals surface area contributed by atoms with Gasteiger partial charge in [-0.3, -0.25) is 9.59 Å². The van der Waals surface area contributed by atoms with Gasteiger partial charge in [-0.2, -0.15) is 0 Å². The first-order chi connectivity index (χ1) is 20.6. The maximum Gasteiger partial charge on any atom is 0.245 e. The monoisotopic (exact) mass is 621 g/mol. The Morgan fingerprint density at radius 1 is 0.953 bits per heavy atom. The summed E-state index contributed by atoms with van der Waals surface area (Å²) < 4.78 is 26.3. The molecule has 0 aliphatic carbocycles. The minimum Gasteiger partial charge on any atom is -0.343 e. The van der Waals surface area contributed by atoms with Gasteiger partial charge in [0.2, 0.25) is 11.8 Å². The van der Waals surface area contributed by atoms with Crippen LogP contribution < -0.4 is 10.6 Å². The van der Waals surface area contributed by atoms with Gasteiger partial charge in [0, 0.05) is 36.5 Å². The van der Waals surface area contributed by atoms with Gasteiger partial charge in [0.05, 0.1) is 17.0 Å². The molecule has 0 radical (unpaired) electrons. The quantitative estimate of drug-likeness (QED) is 0.368. The summed E-state index contributed by atoms with van der Waals surface area (Å²) in [4.78, 5) is 29.4. The normalized spacial score (nSPS) is 19.0. The Kier molecular flexibility index (Phi) is 9.59. The summed E-state index contributed by atoms with van der Waals surface area (Å²) in [6.07, 6.45) is 1.93. The van der Waals surface area contributed by atoms with Gasteiger partial charge in [-0.15, -0.1) is 0 Å². The topological polar surface area (TPSA) is 95.6 Å². The second-order valence-electron chi connectivity index (χ2n) is 12.1. The molecule has 0 spiro atoms. The molecular formula is C34H40ClN3O4S. The Bertz CT molecular complexity index is 1540. The van der Waals surface area contributed by atoms with Gasteiger partial charge < -0.3 is 15.5 Å². The van der Waals surface area contributed by atoms with Gasteiger partial charge in [-0.1, -0.05) is 78.3 Å². The predicted molar refractivity (Wildman–Crippen MR) is 171 cm³/mol. The van der Waals surface area contributed by atoms with E-state index in [2.05, 4.69) is 16.7 Å². The molecule has 2 amide bonds. The van der Waals surface area contributed by atoms with Crippen molar-refractivity contribution in [1.82, 2.24) is 15.5 Å². The molecule has 43 heavy (non-hydrogen) atoms. The van der Waals surface area contributed by atoms with Crippen molar-refractivity contribution < 1.29 is 18.0 Å². The fourth-order valence-corrected chi connectivity index (χ4v) is 7.89. The van der Waals surface area contributed by atoms with Crippen LogP contribution >= 0.6 is 11.6 Å². The summed E-state index contributed by atoms with van der Waals surface area (Å²) in [5, 5.41) is 6.50. The molecule has 1 saturated heterocycles. The van der Waals surface area contributed by atoms with Crippen LogP contribution in [0.1, 0.15) is 48.9 Å². The Balaban J connectivity index is 1.34. The summed E-state index contributed by atoms with van der Waals surface area (Å²) in [5.74, 6) is -0.322. The third kappa shape index (κ3) is 7.31. The zero-order valence-electron chi connectivity index (χ0n) is 24.8. The smallest absolute Gasteiger partial charge is 0.245 e. The van der Waals surface area contributed by atoms with E-state index in [0.717, 1.165) is 16.7 Å². The van der Waals surface area contributed by atoms with Gasteiger partial charge >= 0.3 is 0 Å². The lowest BCUT2D eigenvalue weighted by atomic mass is 9.74. The molecule has 9 heteroatoms. The molecule has 0 saturated carbocycles. The molecule has 2 aliphatic rings. The minimum absolute atomic E-state index is 0.0451. The number of nitrogens with one attached hydrogen (secondary N) is 2. The van der Waals surface area contributed by atoms with Gasteiger partial charge in [-0.25, -0.2) is 8.42 Å². The molecule has 3 aromatic carbocycles. The van der Waals surface area contributed by atoms with Crippen LogP contribution in [0.25, 0.3) is 0 Å². The van der Waals surface area contributed by atoms with E-state index in [1.807, 2.05) is 60.7 Å². The number of sulfone groups is 1. The van der Waals surface area contributed by atoms with E-state index in [9.17, 15) is 18.0 Å². The number of piperidine rings is 1. The average Bonchev–Trinajstić information content (AvgIpc) is 3.01. The molecule has 0 aromatic heterocycles. The standard InChI is InChI=1S/C34H40ClN3O4S/c1-24(2)43(41,42)23-34(28-10-4-3-5-11-28)16-18-38(19-17-34)33(40)31(20-25-12-14-29(35)15-13-25)37-32(39)30-21-26-8-6-7-9-27(26)22-36-30/h3-15,24,30-31,36H,16-23H2,1-2H3,(H,37,39)/t30-,31-/m1/s1. The fourth-order valence-electron chi connectivity index (χ4n) is 6.20. The van der Waals surface area contributed by atoms with Gasteiger partial charge in [-0.05, 0) is 67.5 Å². The van der Waals surface area contributed by atoms with Crippen LogP contribution in [0.5, 0.6) is 0 Å². The van der Waals surface area contributed by atoms with Crippen LogP contribution in [0.3, 0.4) is 0 Å². The van der Waals surface area contributed by atoms with Gasteiger partial charge in [0.1, 0.15) is 6.04 Å². The fraction of sp³-hybridized carbons (Fsp3) is 0.412. The number of hydrogen-bond donors (Lipinski definition) is 2. The number of likely N-dealkylation sites (tertiary alicyclic amines) is 1. The predicted octanol–water partition coefficient (Wildman–Crippen LogP) is 4.47. The van der Waals surface area contributed by atoms with Crippen molar-refractivity contribution >= 4 is 33.3 Å². The molecule has 2 N–H and O–H groups in total. The van der Waals surface area contributed by atoms with Crippen LogP contribution in [-0.4, -0.2) is 61.3 Å². The number of halogens is 1. The van der Waals surface area contributed by atoms with E-state index in [0.29, 0.717) is 50.3 Å². The summed E-state index contributed by atoms with van der Waals surface area (Å²) in [7, 11) is -3.33. The lowest BCUT2D eigenvalue weighted by molar-refractivity contribution is -0.138. The molecule has 0 unspecified atom stereocenters. The Morgan fingerprint density at radius 2 is 1.58 bits per heavy atom. The SMILES string of the molecule is CC(C)S(=O)(=O)CC1(c2ccccc2)CCN(C(=O)[C@@H](Cc2ccc(Cl)cc2)NC(=O)[C@H]2Cc3ccccc3CN2)CC1. The molecule has 0 bridgehead atoms. The van der Waals surface area contributed by atoms with E-state index in [1.165, 1.54) is 5.56 Å².